The molecule has 2 heterocycles. The zero-order chi connectivity index (χ0) is 12.4. The fourth-order valence-corrected chi connectivity index (χ4v) is 2.58. The predicted octanol–water partition coefficient (Wildman–Crippen LogP) is 1.24. The first-order valence-corrected chi connectivity index (χ1v) is 6.26. The summed E-state index contributed by atoms with van der Waals surface area (Å²) in [5.74, 6) is -0.218. The topological polar surface area (TPSA) is 71.9 Å². The van der Waals surface area contributed by atoms with Crippen molar-refractivity contribution in [3.05, 3.63) is 53.6 Å². The van der Waals surface area contributed by atoms with E-state index in [1.54, 1.807) is 12.1 Å². The van der Waals surface area contributed by atoms with Crippen LogP contribution in [0.15, 0.2) is 37.6 Å². The molecule has 0 atom stereocenters. The number of thiophene rings is 1. The first kappa shape index (κ1) is 12.0. The summed E-state index contributed by atoms with van der Waals surface area (Å²) in [6, 6.07) is 5.69. The molecule has 17 heavy (non-hydrogen) atoms. The Balaban J connectivity index is 2.27. The van der Waals surface area contributed by atoms with Gasteiger partial charge in [0.1, 0.15) is 6.54 Å². The lowest BCUT2D eigenvalue weighted by atomic mass is 10.3. The highest BCUT2D eigenvalue weighted by atomic mass is 79.9. The van der Waals surface area contributed by atoms with Crippen LogP contribution >= 0.6 is 27.3 Å². The molecule has 0 bridgehead atoms. The number of ketones is 1. The minimum atomic E-state index is -0.412. The third-order valence-corrected chi connectivity index (χ3v) is 3.70. The van der Waals surface area contributed by atoms with E-state index in [-0.39, 0.29) is 12.3 Å². The van der Waals surface area contributed by atoms with Crippen LogP contribution < -0.4 is 11.1 Å². The fraction of sp³-hybridized carbons (Fsp3) is 0.100. The summed E-state index contributed by atoms with van der Waals surface area (Å²) in [6.45, 7) is -0.165. The van der Waals surface area contributed by atoms with Gasteiger partial charge in [0, 0.05) is 12.1 Å². The second kappa shape index (κ2) is 4.80. The number of aromatic nitrogens is 2. The molecule has 2 aromatic heterocycles. The lowest BCUT2D eigenvalue weighted by Gasteiger charge is -2.01. The SMILES string of the molecule is O=C(Cn1[nH]c(=O)ccc1=O)c1ccc(Br)s1. The molecule has 2 rings (SSSR count). The van der Waals surface area contributed by atoms with Crippen LogP contribution in [0.1, 0.15) is 9.67 Å². The van der Waals surface area contributed by atoms with Crippen LogP contribution in [0.5, 0.6) is 0 Å². The summed E-state index contributed by atoms with van der Waals surface area (Å²) in [4.78, 5) is 34.7. The van der Waals surface area contributed by atoms with E-state index in [4.69, 9.17) is 0 Å². The van der Waals surface area contributed by atoms with Crippen molar-refractivity contribution in [1.82, 2.24) is 9.78 Å². The molecule has 0 aliphatic heterocycles. The number of hydrogen-bond acceptors (Lipinski definition) is 4. The summed E-state index contributed by atoms with van der Waals surface area (Å²) in [7, 11) is 0. The minimum absolute atomic E-state index is 0.165. The van der Waals surface area contributed by atoms with Crippen LogP contribution in [0.2, 0.25) is 0 Å². The number of carbonyl (C=O) groups excluding carboxylic acids is 1. The Labute approximate surface area is 108 Å². The number of H-pyrrole nitrogens is 1. The number of halogens is 1. The molecule has 0 unspecified atom stereocenters. The molecule has 0 aliphatic carbocycles. The molecule has 0 aliphatic rings. The summed E-state index contributed by atoms with van der Waals surface area (Å²) in [5.41, 5.74) is -0.821. The van der Waals surface area contributed by atoms with Crippen molar-refractivity contribution >= 4 is 33.0 Å². The van der Waals surface area contributed by atoms with Gasteiger partial charge in [0.05, 0.1) is 8.66 Å². The molecule has 0 spiro atoms. The second-order valence-corrected chi connectivity index (χ2v) is 5.72. The van der Waals surface area contributed by atoms with Crippen molar-refractivity contribution < 1.29 is 4.79 Å². The van der Waals surface area contributed by atoms with Gasteiger partial charge in [0.25, 0.3) is 11.1 Å². The van der Waals surface area contributed by atoms with E-state index < -0.39 is 11.1 Å². The number of nitrogens with one attached hydrogen (secondary N) is 1. The standard InChI is InChI=1S/C10H7BrN2O3S/c11-8-2-1-7(17-8)6(14)5-13-10(16)4-3-9(15)12-13/h1-4H,5H2,(H,12,15). The van der Waals surface area contributed by atoms with E-state index in [2.05, 4.69) is 21.0 Å². The maximum absolute atomic E-state index is 11.8. The number of aromatic amines is 1. The normalized spacial score (nSPS) is 10.4. The average molecular weight is 315 g/mol. The highest BCUT2D eigenvalue weighted by Crippen LogP contribution is 2.22. The molecule has 5 nitrogen and oxygen atoms in total. The largest absolute Gasteiger partial charge is 0.291 e. The molecule has 0 saturated carbocycles. The molecule has 0 aromatic carbocycles. The van der Waals surface area contributed by atoms with Crippen molar-refractivity contribution in [1.29, 1.82) is 0 Å². The Kier molecular flexibility index (Phi) is 3.39. The van der Waals surface area contributed by atoms with Gasteiger partial charge >= 0.3 is 0 Å². The van der Waals surface area contributed by atoms with Crippen LogP contribution in [0, 0.1) is 0 Å². The number of rotatable bonds is 3. The first-order chi connectivity index (χ1) is 8.06. The van der Waals surface area contributed by atoms with Gasteiger partial charge in [-0.25, -0.2) is 4.68 Å². The highest BCUT2D eigenvalue weighted by Gasteiger charge is 2.10. The van der Waals surface area contributed by atoms with E-state index in [9.17, 15) is 14.4 Å². The number of carbonyl (C=O) groups is 1. The van der Waals surface area contributed by atoms with Crippen LogP contribution in [0.4, 0.5) is 0 Å². The van der Waals surface area contributed by atoms with Crippen LogP contribution in [-0.2, 0) is 6.54 Å². The van der Waals surface area contributed by atoms with E-state index in [0.717, 1.165) is 20.6 Å². The lowest BCUT2D eigenvalue weighted by Crippen LogP contribution is -2.30. The zero-order valence-electron chi connectivity index (χ0n) is 8.47. The number of hydrogen-bond donors (Lipinski definition) is 1. The maximum Gasteiger partial charge on any atom is 0.265 e. The van der Waals surface area contributed by atoms with Gasteiger partial charge in [0.2, 0.25) is 0 Å². The van der Waals surface area contributed by atoms with Gasteiger partial charge in [-0.3, -0.25) is 19.5 Å². The van der Waals surface area contributed by atoms with Crippen molar-refractivity contribution in [3.8, 4) is 0 Å². The van der Waals surface area contributed by atoms with Gasteiger partial charge in [-0.05, 0) is 28.1 Å². The Hall–Kier alpha value is -1.47. The molecule has 0 saturated heterocycles. The first-order valence-electron chi connectivity index (χ1n) is 4.65. The second-order valence-electron chi connectivity index (χ2n) is 3.26. The van der Waals surface area contributed by atoms with Crippen molar-refractivity contribution in [2.24, 2.45) is 0 Å². The monoisotopic (exact) mass is 314 g/mol. The van der Waals surface area contributed by atoms with Crippen LogP contribution in [0.3, 0.4) is 0 Å². The smallest absolute Gasteiger partial charge is 0.265 e. The highest BCUT2D eigenvalue weighted by molar-refractivity contribution is 9.11. The lowest BCUT2D eigenvalue weighted by molar-refractivity contribution is 0.0969. The average Bonchev–Trinajstić information content (AvgIpc) is 2.70. The molecular weight excluding hydrogens is 308 g/mol. The van der Waals surface area contributed by atoms with Crippen molar-refractivity contribution in [3.63, 3.8) is 0 Å². The van der Waals surface area contributed by atoms with Crippen molar-refractivity contribution in [2.45, 2.75) is 6.54 Å². The number of Topliss-reactive ketones (excluding diaryl/α,β-unsaturated/α-hetero) is 1. The Morgan fingerprint density at radius 1 is 1.29 bits per heavy atom. The third-order valence-electron chi connectivity index (χ3n) is 2.04. The molecule has 88 valence electrons. The van der Waals surface area contributed by atoms with E-state index in [1.807, 2.05) is 0 Å². The van der Waals surface area contributed by atoms with Crippen LogP contribution in [-0.4, -0.2) is 15.6 Å². The summed E-state index contributed by atoms with van der Waals surface area (Å²) in [6.07, 6.45) is 0. The summed E-state index contributed by atoms with van der Waals surface area (Å²) < 4.78 is 1.84. The van der Waals surface area contributed by atoms with E-state index in [1.165, 1.54) is 11.3 Å². The maximum atomic E-state index is 11.8. The fourth-order valence-electron chi connectivity index (χ4n) is 1.27. The molecule has 0 amide bonds. The van der Waals surface area contributed by atoms with Gasteiger partial charge in [-0.1, -0.05) is 0 Å². The van der Waals surface area contributed by atoms with Gasteiger partial charge < -0.3 is 0 Å². The quantitative estimate of drug-likeness (QED) is 0.866. The Morgan fingerprint density at radius 2 is 2.06 bits per heavy atom. The van der Waals surface area contributed by atoms with Gasteiger partial charge in [0.15, 0.2) is 5.78 Å². The molecule has 7 heteroatoms. The van der Waals surface area contributed by atoms with Gasteiger partial charge in [-0.15, -0.1) is 11.3 Å². The third kappa shape index (κ3) is 2.80. The van der Waals surface area contributed by atoms with Crippen LogP contribution in [0.25, 0.3) is 0 Å². The van der Waals surface area contributed by atoms with E-state index >= 15 is 0 Å². The molecule has 0 fully saturated rings. The predicted molar refractivity (Wildman–Crippen MR) is 67.7 cm³/mol. The molecule has 0 radical (unpaired) electrons. The van der Waals surface area contributed by atoms with Gasteiger partial charge in [-0.2, -0.15) is 0 Å². The molecular formula is C10H7BrN2O3S. The molecule has 1 N–H and O–H groups in total. The van der Waals surface area contributed by atoms with E-state index in [0.29, 0.717) is 4.88 Å². The summed E-state index contributed by atoms with van der Waals surface area (Å²) >= 11 is 4.54. The Morgan fingerprint density at radius 3 is 2.71 bits per heavy atom. The Bertz CT molecular complexity index is 670. The minimum Gasteiger partial charge on any atom is -0.291 e. The zero-order valence-corrected chi connectivity index (χ0v) is 10.9. The molecule has 2 aromatic rings. The number of nitrogens with zero attached hydrogens (tertiary/aromatic N) is 1. The van der Waals surface area contributed by atoms with Crippen molar-refractivity contribution in [2.75, 3.05) is 0 Å². The summed E-state index contributed by atoms with van der Waals surface area (Å²) in [5, 5.41) is 2.30.